The third-order valence-corrected chi connectivity index (χ3v) is 4.44. The summed E-state index contributed by atoms with van der Waals surface area (Å²) in [5.74, 6) is 0.232. The molecular weight excluding hydrogens is 268 g/mol. The maximum atomic E-state index is 12.0. The van der Waals surface area contributed by atoms with Gasteiger partial charge in [0.25, 0.3) is 0 Å². The monoisotopic (exact) mass is 300 g/mol. The third-order valence-electron chi connectivity index (χ3n) is 4.44. The van der Waals surface area contributed by atoms with Crippen LogP contribution in [0.3, 0.4) is 0 Å². The molecule has 0 spiro atoms. The van der Waals surface area contributed by atoms with Crippen molar-refractivity contribution in [2.75, 3.05) is 6.54 Å². The van der Waals surface area contributed by atoms with Crippen LogP contribution < -0.4 is 10.6 Å². The first kappa shape index (κ1) is 18.2. The van der Waals surface area contributed by atoms with E-state index >= 15 is 0 Å². The van der Waals surface area contributed by atoms with Crippen LogP contribution in [-0.4, -0.2) is 41.0 Å². The Morgan fingerprint density at radius 3 is 2.29 bits per heavy atom. The van der Waals surface area contributed by atoms with E-state index in [1.165, 1.54) is 0 Å². The van der Waals surface area contributed by atoms with Crippen molar-refractivity contribution in [2.24, 2.45) is 5.92 Å². The maximum absolute atomic E-state index is 12.0. The molecule has 0 radical (unpaired) electrons. The number of carbonyl (C=O) groups excluding carboxylic acids is 1. The molecule has 1 rings (SSSR count). The molecule has 0 saturated carbocycles. The van der Waals surface area contributed by atoms with Crippen LogP contribution in [0.15, 0.2) is 0 Å². The highest BCUT2D eigenvalue weighted by molar-refractivity contribution is 5.74. The Labute approximate surface area is 128 Å². The fraction of sp³-hybridized carbons (Fsp3) is 0.938. The standard InChI is InChI=1S/C16H32N2O3/c1-7-11(8-2)12(19)10-17-14(20)18-13-9-15(3,4)21-16(13,5)6/h11-13,19H,7-10H2,1-6H3,(H2,17,18,20). The first-order valence-electron chi connectivity index (χ1n) is 8.04. The highest BCUT2D eigenvalue weighted by atomic mass is 16.5. The van der Waals surface area contributed by atoms with Gasteiger partial charge in [0.1, 0.15) is 0 Å². The predicted octanol–water partition coefficient (Wildman–Crippen LogP) is 2.43. The largest absolute Gasteiger partial charge is 0.391 e. The molecule has 1 saturated heterocycles. The van der Waals surface area contributed by atoms with Crippen LogP contribution in [0.5, 0.6) is 0 Å². The van der Waals surface area contributed by atoms with Gasteiger partial charge in [-0.15, -0.1) is 0 Å². The molecule has 2 atom stereocenters. The molecule has 1 aliphatic rings. The quantitative estimate of drug-likeness (QED) is 0.705. The molecule has 0 bridgehead atoms. The number of aliphatic hydroxyl groups is 1. The third kappa shape index (κ3) is 5.15. The average molecular weight is 300 g/mol. The van der Waals surface area contributed by atoms with Crippen molar-refractivity contribution in [1.82, 2.24) is 10.6 Å². The van der Waals surface area contributed by atoms with E-state index in [1.807, 2.05) is 27.7 Å². The van der Waals surface area contributed by atoms with Crippen LogP contribution in [-0.2, 0) is 4.74 Å². The number of amides is 2. The van der Waals surface area contributed by atoms with Gasteiger partial charge >= 0.3 is 6.03 Å². The lowest BCUT2D eigenvalue weighted by Gasteiger charge is -2.28. The van der Waals surface area contributed by atoms with Gasteiger partial charge in [-0.3, -0.25) is 0 Å². The van der Waals surface area contributed by atoms with E-state index < -0.39 is 6.10 Å². The van der Waals surface area contributed by atoms with E-state index in [4.69, 9.17) is 4.74 Å². The normalized spacial score (nSPS) is 24.9. The Hall–Kier alpha value is -0.810. The second-order valence-electron chi connectivity index (χ2n) is 7.22. The summed E-state index contributed by atoms with van der Waals surface area (Å²) in [5, 5.41) is 15.8. The van der Waals surface area contributed by atoms with E-state index in [0.29, 0.717) is 0 Å². The molecule has 2 amide bonds. The average Bonchev–Trinajstić information content (AvgIpc) is 2.56. The predicted molar refractivity (Wildman–Crippen MR) is 84.3 cm³/mol. The number of aliphatic hydroxyl groups excluding tert-OH is 1. The van der Waals surface area contributed by atoms with Gasteiger partial charge in [0, 0.05) is 6.54 Å². The second kappa shape index (κ2) is 6.97. The minimum absolute atomic E-state index is 0.0298. The zero-order chi connectivity index (χ0) is 16.3. The number of ether oxygens (including phenoxy) is 1. The minimum Gasteiger partial charge on any atom is -0.391 e. The van der Waals surface area contributed by atoms with Crippen LogP contribution in [0.4, 0.5) is 4.79 Å². The summed E-state index contributed by atoms with van der Waals surface area (Å²) < 4.78 is 5.96. The van der Waals surface area contributed by atoms with Crippen molar-refractivity contribution in [3.05, 3.63) is 0 Å². The van der Waals surface area contributed by atoms with Crippen LogP contribution >= 0.6 is 0 Å². The zero-order valence-electron chi connectivity index (χ0n) is 14.3. The molecule has 1 heterocycles. The molecule has 0 aliphatic carbocycles. The van der Waals surface area contributed by atoms with E-state index in [2.05, 4.69) is 24.5 Å². The van der Waals surface area contributed by atoms with E-state index in [0.717, 1.165) is 19.3 Å². The van der Waals surface area contributed by atoms with Gasteiger partial charge in [-0.1, -0.05) is 26.7 Å². The molecule has 2 unspecified atom stereocenters. The number of nitrogens with one attached hydrogen (secondary N) is 2. The number of carbonyl (C=O) groups is 1. The highest BCUT2D eigenvalue weighted by Crippen LogP contribution is 2.37. The molecule has 1 fully saturated rings. The summed E-state index contributed by atoms with van der Waals surface area (Å²) in [5.41, 5.74) is -0.606. The number of hydrogen-bond acceptors (Lipinski definition) is 3. The van der Waals surface area contributed by atoms with E-state index in [-0.39, 0.29) is 35.7 Å². The van der Waals surface area contributed by atoms with Crippen molar-refractivity contribution in [1.29, 1.82) is 0 Å². The van der Waals surface area contributed by atoms with Crippen molar-refractivity contribution in [3.63, 3.8) is 0 Å². The zero-order valence-corrected chi connectivity index (χ0v) is 14.3. The molecule has 5 nitrogen and oxygen atoms in total. The van der Waals surface area contributed by atoms with E-state index in [9.17, 15) is 9.90 Å². The lowest BCUT2D eigenvalue weighted by Crippen LogP contribution is -2.51. The molecule has 5 heteroatoms. The SMILES string of the molecule is CCC(CC)C(O)CNC(=O)NC1CC(C)(C)OC1(C)C. The van der Waals surface area contributed by atoms with E-state index in [1.54, 1.807) is 0 Å². The van der Waals surface area contributed by atoms with Crippen molar-refractivity contribution < 1.29 is 14.6 Å². The summed E-state index contributed by atoms with van der Waals surface area (Å²) in [4.78, 5) is 12.0. The lowest BCUT2D eigenvalue weighted by atomic mass is 9.94. The fourth-order valence-electron chi connectivity index (χ4n) is 3.19. The van der Waals surface area contributed by atoms with Crippen LogP contribution in [0.1, 0.15) is 60.8 Å². The number of hydrogen-bond donors (Lipinski definition) is 3. The van der Waals surface area contributed by atoms with Gasteiger partial charge in [0.15, 0.2) is 0 Å². The van der Waals surface area contributed by atoms with Gasteiger partial charge in [0.05, 0.1) is 23.3 Å². The molecule has 0 aromatic carbocycles. The summed E-state index contributed by atoms with van der Waals surface area (Å²) in [6.45, 7) is 12.4. The molecule has 3 N–H and O–H groups in total. The number of urea groups is 1. The molecule has 0 aromatic heterocycles. The van der Waals surface area contributed by atoms with Gasteiger partial charge in [-0.25, -0.2) is 4.79 Å². The molecule has 1 aliphatic heterocycles. The Balaban J connectivity index is 2.44. The second-order valence-corrected chi connectivity index (χ2v) is 7.22. The van der Waals surface area contributed by atoms with Gasteiger partial charge in [-0.2, -0.15) is 0 Å². The lowest BCUT2D eigenvalue weighted by molar-refractivity contribution is -0.0690. The van der Waals surface area contributed by atoms with Gasteiger partial charge < -0.3 is 20.5 Å². The molecule has 21 heavy (non-hydrogen) atoms. The topological polar surface area (TPSA) is 70.6 Å². The van der Waals surface area contributed by atoms with Gasteiger partial charge in [0.2, 0.25) is 0 Å². The highest BCUT2D eigenvalue weighted by Gasteiger charge is 2.46. The Kier molecular flexibility index (Phi) is 6.05. The molecule has 0 aromatic rings. The number of rotatable bonds is 6. The van der Waals surface area contributed by atoms with Gasteiger partial charge in [-0.05, 0) is 40.0 Å². The summed E-state index contributed by atoms with van der Waals surface area (Å²) in [6.07, 6.45) is 2.12. The van der Waals surface area contributed by atoms with Crippen molar-refractivity contribution in [2.45, 2.75) is 84.2 Å². The summed E-state index contributed by atoms with van der Waals surface area (Å²) >= 11 is 0. The molecule has 124 valence electrons. The van der Waals surface area contributed by atoms with Crippen LogP contribution in [0, 0.1) is 5.92 Å². The Morgan fingerprint density at radius 2 is 1.86 bits per heavy atom. The Bertz CT molecular complexity index is 351. The van der Waals surface area contributed by atoms with Crippen molar-refractivity contribution >= 4 is 6.03 Å². The maximum Gasteiger partial charge on any atom is 0.315 e. The summed E-state index contributed by atoms with van der Waals surface area (Å²) in [7, 11) is 0. The van der Waals surface area contributed by atoms with Crippen LogP contribution in [0.25, 0.3) is 0 Å². The smallest absolute Gasteiger partial charge is 0.315 e. The minimum atomic E-state index is -0.491. The first-order valence-corrected chi connectivity index (χ1v) is 8.04. The van der Waals surface area contributed by atoms with Crippen molar-refractivity contribution in [3.8, 4) is 0 Å². The Morgan fingerprint density at radius 1 is 1.29 bits per heavy atom. The van der Waals surface area contributed by atoms with Crippen LogP contribution in [0.2, 0.25) is 0 Å². The fourth-order valence-corrected chi connectivity index (χ4v) is 3.19. The first-order chi connectivity index (χ1) is 9.61. The molecular formula is C16H32N2O3. The summed E-state index contributed by atoms with van der Waals surface area (Å²) in [6, 6.07) is -0.267.